The summed E-state index contributed by atoms with van der Waals surface area (Å²) in [5, 5.41) is 18.0. The van der Waals surface area contributed by atoms with Gasteiger partial charge in [0.15, 0.2) is 0 Å². The van der Waals surface area contributed by atoms with Gasteiger partial charge in [-0.25, -0.2) is 4.79 Å². The van der Waals surface area contributed by atoms with Crippen LogP contribution in [0.15, 0.2) is 18.2 Å². The van der Waals surface area contributed by atoms with Crippen LogP contribution in [0.25, 0.3) is 0 Å². The highest BCUT2D eigenvalue weighted by molar-refractivity contribution is 6.32. The molecule has 0 spiro atoms. The van der Waals surface area contributed by atoms with Gasteiger partial charge in [-0.1, -0.05) is 18.5 Å². The third-order valence-electron chi connectivity index (χ3n) is 2.38. The minimum atomic E-state index is -0.619. The molecule has 0 aromatic heterocycles. The summed E-state index contributed by atoms with van der Waals surface area (Å²) in [6, 6.07) is 3.49. The third-order valence-corrected chi connectivity index (χ3v) is 2.70. The number of rotatable bonds is 6. The molecule has 9 heteroatoms. The molecule has 0 aliphatic rings. The van der Waals surface area contributed by atoms with Gasteiger partial charge in [0, 0.05) is 18.3 Å². The van der Waals surface area contributed by atoms with Gasteiger partial charge in [0.05, 0.1) is 11.5 Å². The van der Waals surface area contributed by atoms with E-state index in [1.54, 1.807) is 0 Å². The highest BCUT2D eigenvalue weighted by Gasteiger charge is 2.13. The fourth-order valence-corrected chi connectivity index (χ4v) is 1.58. The molecular weight excluding hydrogens is 300 g/mol. The van der Waals surface area contributed by atoms with Crippen LogP contribution in [0.3, 0.4) is 0 Å². The van der Waals surface area contributed by atoms with Crippen LogP contribution in [0, 0.1) is 10.1 Å². The molecule has 21 heavy (non-hydrogen) atoms. The summed E-state index contributed by atoms with van der Waals surface area (Å²) >= 11 is 5.67. The largest absolute Gasteiger partial charge is 0.376 e. The number of amides is 3. The van der Waals surface area contributed by atoms with Crippen LogP contribution in [0.2, 0.25) is 5.02 Å². The molecular formula is C12H15ClN4O4. The molecule has 3 amide bonds. The molecule has 0 fully saturated rings. The zero-order valence-electron chi connectivity index (χ0n) is 11.3. The van der Waals surface area contributed by atoms with Gasteiger partial charge in [-0.2, -0.15) is 0 Å². The van der Waals surface area contributed by atoms with Gasteiger partial charge in [-0.15, -0.1) is 0 Å². The molecule has 0 bridgehead atoms. The van der Waals surface area contributed by atoms with E-state index in [1.807, 2.05) is 6.92 Å². The van der Waals surface area contributed by atoms with E-state index in [9.17, 15) is 19.7 Å². The topological polar surface area (TPSA) is 113 Å². The highest BCUT2D eigenvalue weighted by atomic mass is 35.5. The summed E-state index contributed by atoms with van der Waals surface area (Å²) < 4.78 is 0. The summed E-state index contributed by atoms with van der Waals surface area (Å²) in [6.45, 7) is 2.16. The van der Waals surface area contributed by atoms with E-state index in [1.165, 1.54) is 18.2 Å². The molecule has 0 saturated heterocycles. The Kier molecular flexibility index (Phi) is 6.41. The molecule has 0 unspecified atom stereocenters. The van der Waals surface area contributed by atoms with Crippen molar-refractivity contribution in [1.29, 1.82) is 0 Å². The zero-order chi connectivity index (χ0) is 15.8. The Balaban J connectivity index is 2.52. The number of anilines is 1. The van der Waals surface area contributed by atoms with Crippen LogP contribution in [0.1, 0.15) is 13.3 Å². The number of hydrogen-bond acceptors (Lipinski definition) is 5. The lowest BCUT2D eigenvalue weighted by Crippen LogP contribution is -2.42. The molecule has 1 aromatic rings. The summed E-state index contributed by atoms with van der Waals surface area (Å²) in [4.78, 5) is 32.8. The average Bonchev–Trinajstić information content (AvgIpc) is 2.43. The van der Waals surface area contributed by atoms with Gasteiger partial charge in [-0.3, -0.25) is 20.2 Å². The number of nitro benzene ring substituents is 1. The lowest BCUT2D eigenvalue weighted by Gasteiger charge is -2.08. The molecule has 1 aromatic carbocycles. The summed E-state index contributed by atoms with van der Waals surface area (Å²) in [6.07, 6.45) is 0.758. The van der Waals surface area contributed by atoms with Crippen LogP contribution in [0.4, 0.5) is 16.2 Å². The molecule has 0 heterocycles. The molecule has 114 valence electrons. The zero-order valence-corrected chi connectivity index (χ0v) is 12.1. The van der Waals surface area contributed by atoms with Gasteiger partial charge in [0.1, 0.15) is 5.02 Å². The minimum Gasteiger partial charge on any atom is -0.376 e. The van der Waals surface area contributed by atoms with E-state index in [0.29, 0.717) is 12.2 Å². The van der Waals surface area contributed by atoms with Crippen molar-refractivity contribution < 1.29 is 14.5 Å². The Labute approximate surface area is 126 Å². The number of hydrogen-bond donors (Lipinski definition) is 3. The summed E-state index contributed by atoms with van der Waals surface area (Å²) in [7, 11) is 0. The first-order valence-electron chi connectivity index (χ1n) is 6.19. The predicted octanol–water partition coefficient (Wildman–Crippen LogP) is 1.90. The van der Waals surface area contributed by atoms with E-state index in [-0.39, 0.29) is 17.3 Å². The second-order valence-electron chi connectivity index (χ2n) is 4.08. The minimum absolute atomic E-state index is 0.00828. The standard InChI is InChI=1S/C12H15ClN4O4/c1-2-5-14-12(19)16-11(18)7-15-8-3-4-9(13)10(6-8)17(20)21/h3-4,6,15H,2,5,7H2,1H3,(H2,14,16,18,19). The van der Waals surface area contributed by atoms with Crippen LogP contribution in [0.5, 0.6) is 0 Å². The molecule has 0 atom stereocenters. The van der Waals surface area contributed by atoms with Crippen molar-refractivity contribution in [1.82, 2.24) is 10.6 Å². The lowest BCUT2D eigenvalue weighted by molar-refractivity contribution is -0.384. The highest BCUT2D eigenvalue weighted by Crippen LogP contribution is 2.27. The van der Waals surface area contributed by atoms with Crippen molar-refractivity contribution in [3.05, 3.63) is 33.3 Å². The number of nitrogens with zero attached hydrogens (tertiary/aromatic N) is 1. The molecule has 0 aliphatic heterocycles. The van der Waals surface area contributed by atoms with Crippen molar-refractivity contribution in [3.63, 3.8) is 0 Å². The van der Waals surface area contributed by atoms with E-state index >= 15 is 0 Å². The molecule has 0 aliphatic carbocycles. The molecule has 0 radical (unpaired) electrons. The quantitative estimate of drug-likeness (QED) is 0.548. The Hall–Kier alpha value is -2.35. The van der Waals surface area contributed by atoms with Crippen LogP contribution in [-0.2, 0) is 4.79 Å². The molecule has 1 rings (SSSR count). The van der Waals surface area contributed by atoms with Crippen molar-refractivity contribution in [2.24, 2.45) is 0 Å². The van der Waals surface area contributed by atoms with E-state index in [2.05, 4.69) is 16.0 Å². The van der Waals surface area contributed by atoms with Crippen molar-refractivity contribution in [2.45, 2.75) is 13.3 Å². The smallest absolute Gasteiger partial charge is 0.321 e. The van der Waals surface area contributed by atoms with Crippen molar-refractivity contribution in [2.75, 3.05) is 18.4 Å². The number of imide groups is 1. The SMILES string of the molecule is CCCNC(=O)NC(=O)CNc1ccc(Cl)c([N+](=O)[O-])c1. The van der Waals surface area contributed by atoms with E-state index in [4.69, 9.17) is 11.6 Å². The monoisotopic (exact) mass is 314 g/mol. The lowest BCUT2D eigenvalue weighted by atomic mass is 10.3. The number of halogens is 1. The second kappa shape index (κ2) is 8.05. The summed E-state index contributed by atoms with van der Waals surface area (Å²) in [5.41, 5.74) is 0.0954. The second-order valence-corrected chi connectivity index (χ2v) is 4.49. The Bertz CT molecular complexity index is 550. The molecule has 8 nitrogen and oxygen atoms in total. The number of urea groups is 1. The van der Waals surface area contributed by atoms with Gasteiger partial charge in [-0.05, 0) is 18.6 Å². The number of carbonyl (C=O) groups is 2. The fraction of sp³-hybridized carbons (Fsp3) is 0.333. The van der Waals surface area contributed by atoms with Gasteiger partial charge in [0.2, 0.25) is 5.91 Å². The number of carbonyl (C=O) groups excluding carboxylic acids is 2. The van der Waals surface area contributed by atoms with E-state index in [0.717, 1.165) is 6.42 Å². The Morgan fingerprint density at radius 3 is 2.71 bits per heavy atom. The van der Waals surface area contributed by atoms with Crippen molar-refractivity contribution >= 4 is 34.9 Å². The first-order valence-corrected chi connectivity index (χ1v) is 6.57. The number of nitrogens with one attached hydrogen (secondary N) is 3. The number of nitro groups is 1. The van der Waals surface area contributed by atoms with Gasteiger partial charge < -0.3 is 10.6 Å². The van der Waals surface area contributed by atoms with Gasteiger partial charge >= 0.3 is 6.03 Å². The maximum Gasteiger partial charge on any atom is 0.321 e. The average molecular weight is 315 g/mol. The maximum atomic E-state index is 11.5. The van der Waals surface area contributed by atoms with Crippen molar-refractivity contribution in [3.8, 4) is 0 Å². The first-order chi connectivity index (χ1) is 9.93. The molecule has 3 N–H and O–H groups in total. The summed E-state index contributed by atoms with van der Waals surface area (Å²) in [5.74, 6) is -0.554. The normalized spacial score (nSPS) is 9.81. The van der Waals surface area contributed by atoms with Crippen LogP contribution in [-0.4, -0.2) is 30.0 Å². The fourth-order valence-electron chi connectivity index (χ4n) is 1.40. The van der Waals surface area contributed by atoms with Gasteiger partial charge in [0.25, 0.3) is 5.69 Å². The first kappa shape index (κ1) is 16.7. The Morgan fingerprint density at radius 2 is 2.10 bits per heavy atom. The molecule has 0 saturated carbocycles. The number of benzene rings is 1. The van der Waals surface area contributed by atoms with Crippen LogP contribution >= 0.6 is 11.6 Å². The Morgan fingerprint density at radius 1 is 1.38 bits per heavy atom. The predicted molar refractivity (Wildman–Crippen MR) is 78.4 cm³/mol. The van der Waals surface area contributed by atoms with Crippen LogP contribution < -0.4 is 16.0 Å². The van der Waals surface area contributed by atoms with E-state index < -0.39 is 16.9 Å². The maximum absolute atomic E-state index is 11.5. The third kappa shape index (κ3) is 5.65.